The summed E-state index contributed by atoms with van der Waals surface area (Å²) >= 11 is 7.41. The van der Waals surface area contributed by atoms with Crippen LogP contribution in [-0.4, -0.2) is 46.6 Å². The highest BCUT2D eigenvalue weighted by Crippen LogP contribution is 2.23. The molecule has 0 aliphatic carbocycles. The lowest BCUT2D eigenvalue weighted by molar-refractivity contribution is 0.187. The van der Waals surface area contributed by atoms with Gasteiger partial charge in [-0.3, -0.25) is 0 Å². The van der Waals surface area contributed by atoms with Gasteiger partial charge in [0.25, 0.3) is 0 Å². The summed E-state index contributed by atoms with van der Waals surface area (Å²) in [4.78, 5) is 21.2. The lowest BCUT2D eigenvalue weighted by Crippen LogP contribution is -2.44. The SMILES string of the molecule is CSc1nc(Cl)cc(N2CCC(NC(=O)O)CC2)n1. The van der Waals surface area contributed by atoms with Crippen LogP contribution in [0, 0.1) is 0 Å². The molecule has 1 saturated heterocycles. The minimum absolute atomic E-state index is 0.0195. The first-order chi connectivity index (χ1) is 9.08. The van der Waals surface area contributed by atoms with E-state index >= 15 is 0 Å². The number of thioether (sulfide) groups is 1. The summed E-state index contributed by atoms with van der Waals surface area (Å²) in [7, 11) is 0. The molecule has 1 aliphatic rings. The number of aromatic nitrogens is 2. The Hall–Kier alpha value is -1.21. The van der Waals surface area contributed by atoms with Crippen LogP contribution in [0.5, 0.6) is 0 Å². The van der Waals surface area contributed by atoms with Crippen molar-refractivity contribution in [2.45, 2.75) is 24.0 Å². The smallest absolute Gasteiger partial charge is 0.404 e. The van der Waals surface area contributed by atoms with E-state index in [-0.39, 0.29) is 6.04 Å². The second kappa shape index (κ2) is 6.29. The number of halogens is 1. The van der Waals surface area contributed by atoms with Gasteiger partial charge in [0, 0.05) is 25.2 Å². The Morgan fingerprint density at radius 2 is 2.21 bits per heavy atom. The second-order valence-electron chi connectivity index (χ2n) is 4.25. The van der Waals surface area contributed by atoms with Gasteiger partial charge >= 0.3 is 6.09 Å². The maximum Gasteiger partial charge on any atom is 0.404 e. The van der Waals surface area contributed by atoms with Crippen LogP contribution in [0.4, 0.5) is 10.6 Å². The van der Waals surface area contributed by atoms with Gasteiger partial charge in [0.2, 0.25) is 0 Å². The van der Waals surface area contributed by atoms with Crippen molar-refractivity contribution >= 4 is 35.3 Å². The summed E-state index contributed by atoms with van der Waals surface area (Å²) in [6.07, 6.45) is 2.47. The first-order valence-electron chi connectivity index (χ1n) is 5.91. The molecule has 2 heterocycles. The molecule has 1 fully saturated rings. The molecule has 8 heteroatoms. The van der Waals surface area contributed by atoms with E-state index in [0.29, 0.717) is 10.3 Å². The fourth-order valence-corrected chi connectivity index (χ4v) is 2.67. The molecule has 6 nitrogen and oxygen atoms in total. The fourth-order valence-electron chi connectivity index (χ4n) is 2.07. The van der Waals surface area contributed by atoms with Gasteiger partial charge in [-0.2, -0.15) is 0 Å². The van der Waals surface area contributed by atoms with Gasteiger partial charge in [-0.15, -0.1) is 0 Å². The van der Waals surface area contributed by atoms with Gasteiger partial charge in [0.15, 0.2) is 5.16 Å². The third-order valence-electron chi connectivity index (χ3n) is 2.99. The van der Waals surface area contributed by atoms with E-state index in [1.54, 1.807) is 6.07 Å². The lowest BCUT2D eigenvalue weighted by Gasteiger charge is -2.32. The highest BCUT2D eigenvalue weighted by molar-refractivity contribution is 7.98. The van der Waals surface area contributed by atoms with Gasteiger partial charge in [0.1, 0.15) is 11.0 Å². The van der Waals surface area contributed by atoms with Crippen LogP contribution in [0.25, 0.3) is 0 Å². The first-order valence-corrected chi connectivity index (χ1v) is 7.51. The van der Waals surface area contributed by atoms with Crippen molar-refractivity contribution in [3.63, 3.8) is 0 Å². The van der Waals surface area contributed by atoms with Crippen molar-refractivity contribution in [2.75, 3.05) is 24.2 Å². The number of hydrogen-bond acceptors (Lipinski definition) is 5. The molecule has 1 amide bonds. The topological polar surface area (TPSA) is 78.4 Å². The van der Waals surface area contributed by atoms with E-state index in [9.17, 15) is 4.79 Å². The Balaban J connectivity index is 2.01. The number of nitrogens with one attached hydrogen (secondary N) is 1. The molecular formula is C11H15ClN4O2S. The molecule has 19 heavy (non-hydrogen) atoms. The minimum Gasteiger partial charge on any atom is -0.465 e. The van der Waals surface area contributed by atoms with E-state index in [1.165, 1.54) is 11.8 Å². The van der Waals surface area contributed by atoms with Gasteiger partial charge in [-0.25, -0.2) is 14.8 Å². The zero-order valence-electron chi connectivity index (χ0n) is 10.5. The molecule has 0 spiro atoms. The second-order valence-corrected chi connectivity index (χ2v) is 5.41. The molecule has 1 aliphatic heterocycles. The first kappa shape index (κ1) is 14.2. The van der Waals surface area contributed by atoms with Crippen LogP contribution >= 0.6 is 23.4 Å². The molecule has 0 atom stereocenters. The average molecular weight is 303 g/mol. The summed E-state index contributed by atoms with van der Waals surface area (Å²) < 4.78 is 0. The van der Waals surface area contributed by atoms with Crippen molar-refractivity contribution in [2.24, 2.45) is 0 Å². The molecule has 104 valence electrons. The van der Waals surface area contributed by atoms with Crippen LogP contribution in [-0.2, 0) is 0 Å². The Labute approximate surface area is 120 Å². The van der Waals surface area contributed by atoms with E-state index in [4.69, 9.17) is 16.7 Å². The van der Waals surface area contributed by atoms with Crippen LogP contribution in [0.3, 0.4) is 0 Å². The number of piperidine rings is 1. The number of nitrogens with zero attached hydrogens (tertiary/aromatic N) is 3. The lowest BCUT2D eigenvalue weighted by atomic mass is 10.1. The molecule has 0 saturated carbocycles. The monoisotopic (exact) mass is 302 g/mol. The molecule has 2 rings (SSSR count). The Morgan fingerprint density at radius 3 is 2.79 bits per heavy atom. The Bertz CT molecular complexity index is 466. The van der Waals surface area contributed by atoms with E-state index in [1.807, 2.05) is 6.26 Å². The van der Waals surface area contributed by atoms with Crippen molar-refractivity contribution in [3.05, 3.63) is 11.2 Å². The highest BCUT2D eigenvalue weighted by atomic mass is 35.5. The van der Waals surface area contributed by atoms with Gasteiger partial charge in [-0.1, -0.05) is 23.4 Å². The quantitative estimate of drug-likeness (QED) is 0.506. The highest BCUT2D eigenvalue weighted by Gasteiger charge is 2.21. The molecule has 0 bridgehead atoms. The molecule has 1 aromatic rings. The average Bonchev–Trinajstić information content (AvgIpc) is 2.38. The Morgan fingerprint density at radius 1 is 1.53 bits per heavy atom. The van der Waals surface area contributed by atoms with Gasteiger partial charge in [-0.05, 0) is 19.1 Å². The van der Waals surface area contributed by atoms with Crippen molar-refractivity contribution in [1.29, 1.82) is 0 Å². The minimum atomic E-state index is -0.965. The predicted octanol–water partition coefficient (Wildman–Crippen LogP) is 2.09. The van der Waals surface area contributed by atoms with Crippen LogP contribution < -0.4 is 10.2 Å². The van der Waals surface area contributed by atoms with Crippen molar-refractivity contribution in [3.8, 4) is 0 Å². The van der Waals surface area contributed by atoms with E-state index in [2.05, 4.69) is 20.2 Å². The Kier molecular flexibility index (Phi) is 4.71. The fraction of sp³-hybridized carbons (Fsp3) is 0.545. The number of anilines is 1. The van der Waals surface area contributed by atoms with Crippen LogP contribution in [0.1, 0.15) is 12.8 Å². The maximum absolute atomic E-state index is 10.6. The zero-order valence-corrected chi connectivity index (χ0v) is 12.0. The third kappa shape index (κ3) is 3.87. The summed E-state index contributed by atoms with van der Waals surface area (Å²) in [6.45, 7) is 1.51. The van der Waals surface area contributed by atoms with Crippen LogP contribution in [0.2, 0.25) is 5.15 Å². The predicted molar refractivity (Wildman–Crippen MR) is 75.2 cm³/mol. The van der Waals surface area contributed by atoms with Gasteiger partial charge in [0.05, 0.1) is 0 Å². The van der Waals surface area contributed by atoms with E-state index in [0.717, 1.165) is 31.7 Å². The molecule has 0 radical (unpaired) electrons. The molecular weight excluding hydrogens is 288 g/mol. The molecule has 1 aromatic heterocycles. The molecule has 0 aromatic carbocycles. The number of carboxylic acid groups (broad SMARTS) is 1. The maximum atomic E-state index is 10.6. The summed E-state index contributed by atoms with van der Waals surface area (Å²) in [5.41, 5.74) is 0. The summed E-state index contributed by atoms with van der Waals surface area (Å²) in [5, 5.41) is 12.3. The largest absolute Gasteiger partial charge is 0.465 e. The summed E-state index contributed by atoms with van der Waals surface area (Å²) in [6, 6.07) is 1.76. The molecule has 2 N–H and O–H groups in total. The van der Waals surface area contributed by atoms with E-state index < -0.39 is 6.09 Å². The number of carbonyl (C=O) groups is 1. The van der Waals surface area contributed by atoms with Gasteiger partial charge < -0.3 is 15.3 Å². The number of hydrogen-bond donors (Lipinski definition) is 2. The number of rotatable bonds is 3. The van der Waals surface area contributed by atoms with Crippen molar-refractivity contribution < 1.29 is 9.90 Å². The zero-order chi connectivity index (χ0) is 13.8. The van der Waals surface area contributed by atoms with Crippen LogP contribution in [0.15, 0.2) is 11.2 Å². The summed E-state index contributed by atoms with van der Waals surface area (Å²) in [5.74, 6) is 0.804. The molecule has 0 unspecified atom stereocenters. The normalized spacial score (nSPS) is 16.4. The number of amides is 1. The third-order valence-corrected chi connectivity index (χ3v) is 3.73. The van der Waals surface area contributed by atoms with Crippen molar-refractivity contribution in [1.82, 2.24) is 15.3 Å². The standard InChI is InChI=1S/C11H15ClN4O2S/c1-19-10-14-8(12)6-9(15-10)16-4-2-7(3-5-16)13-11(17)18/h6-7,13H,2-5H2,1H3,(H,17,18).